The van der Waals surface area contributed by atoms with Crippen molar-refractivity contribution in [3.05, 3.63) is 0 Å². The van der Waals surface area contributed by atoms with Gasteiger partial charge in [0.15, 0.2) is 0 Å². The Morgan fingerprint density at radius 3 is 2.25 bits per heavy atom. The highest BCUT2D eigenvalue weighted by atomic mass is 16.4. The Hall–Kier alpha value is -1.26. The lowest BCUT2D eigenvalue weighted by Gasteiger charge is -2.24. The Bertz CT molecular complexity index is 336. The summed E-state index contributed by atoms with van der Waals surface area (Å²) in [5.74, 6) is -0.167. The van der Waals surface area contributed by atoms with Crippen LogP contribution in [-0.2, 0) is 4.79 Å². The first-order valence-electron chi connectivity index (χ1n) is 7.63. The molecule has 0 aromatic carbocycles. The van der Waals surface area contributed by atoms with Gasteiger partial charge in [0, 0.05) is 12.6 Å². The number of carbonyl (C=O) groups excluding carboxylic acids is 1. The van der Waals surface area contributed by atoms with Crippen LogP contribution >= 0.6 is 0 Å². The monoisotopic (exact) mass is 284 g/mol. The van der Waals surface area contributed by atoms with Crippen molar-refractivity contribution in [1.29, 1.82) is 0 Å². The van der Waals surface area contributed by atoms with Crippen molar-refractivity contribution in [2.75, 3.05) is 6.54 Å². The van der Waals surface area contributed by atoms with Gasteiger partial charge in [0.2, 0.25) is 0 Å². The molecule has 2 amide bonds. The first-order chi connectivity index (χ1) is 9.35. The molecule has 1 fully saturated rings. The average molecular weight is 284 g/mol. The first-order valence-corrected chi connectivity index (χ1v) is 7.63. The van der Waals surface area contributed by atoms with Crippen LogP contribution < -0.4 is 10.6 Å². The van der Waals surface area contributed by atoms with E-state index in [2.05, 4.69) is 24.5 Å². The van der Waals surface area contributed by atoms with Crippen molar-refractivity contribution in [3.63, 3.8) is 0 Å². The fourth-order valence-electron chi connectivity index (χ4n) is 2.70. The second kappa shape index (κ2) is 7.50. The topological polar surface area (TPSA) is 78.4 Å². The highest BCUT2D eigenvalue weighted by molar-refractivity contribution is 5.78. The largest absolute Gasteiger partial charge is 0.481 e. The minimum absolute atomic E-state index is 0.113. The molecule has 0 spiro atoms. The van der Waals surface area contributed by atoms with Gasteiger partial charge >= 0.3 is 12.0 Å². The molecule has 1 atom stereocenters. The van der Waals surface area contributed by atoms with E-state index in [9.17, 15) is 14.7 Å². The van der Waals surface area contributed by atoms with Gasteiger partial charge in [0.05, 0.1) is 5.41 Å². The van der Waals surface area contributed by atoms with E-state index in [0.29, 0.717) is 18.8 Å². The molecule has 5 heteroatoms. The maximum Gasteiger partial charge on any atom is 0.315 e. The molecule has 116 valence electrons. The van der Waals surface area contributed by atoms with Crippen molar-refractivity contribution in [1.82, 2.24) is 10.6 Å². The zero-order valence-electron chi connectivity index (χ0n) is 12.9. The Morgan fingerprint density at radius 1 is 1.15 bits per heavy atom. The lowest BCUT2D eigenvalue weighted by molar-refractivity contribution is -0.148. The van der Waals surface area contributed by atoms with E-state index >= 15 is 0 Å². The van der Waals surface area contributed by atoms with E-state index in [1.165, 1.54) is 0 Å². The van der Waals surface area contributed by atoms with E-state index in [-0.39, 0.29) is 18.6 Å². The van der Waals surface area contributed by atoms with Crippen molar-refractivity contribution in [2.45, 2.75) is 65.3 Å². The number of aliphatic carboxylic acids is 1. The molecule has 1 aliphatic carbocycles. The quantitative estimate of drug-likeness (QED) is 0.672. The maximum atomic E-state index is 11.8. The number of rotatable bonds is 7. The molecule has 3 N–H and O–H groups in total. The minimum Gasteiger partial charge on any atom is -0.481 e. The standard InChI is InChI=1S/C15H28N2O3/c1-11(2)6-7-12(3)17-14(20)16-10-15(13(18)19)8-4-5-9-15/h11-12H,4-10H2,1-3H3,(H,18,19)(H2,16,17,20). The number of carboxylic acids is 1. The highest BCUT2D eigenvalue weighted by Crippen LogP contribution is 2.37. The molecular weight excluding hydrogens is 256 g/mol. The molecule has 0 saturated heterocycles. The molecule has 1 aliphatic rings. The zero-order chi connectivity index (χ0) is 15.2. The van der Waals surface area contributed by atoms with Gasteiger partial charge in [-0.1, -0.05) is 26.7 Å². The van der Waals surface area contributed by atoms with E-state index in [1.54, 1.807) is 0 Å². The second-order valence-electron chi connectivity index (χ2n) is 6.49. The van der Waals surface area contributed by atoms with Gasteiger partial charge in [-0.25, -0.2) is 4.79 Å². The van der Waals surface area contributed by atoms with Crippen LogP contribution in [0.25, 0.3) is 0 Å². The number of hydrogen-bond donors (Lipinski definition) is 3. The predicted octanol–water partition coefficient (Wildman–Crippen LogP) is 2.76. The van der Waals surface area contributed by atoms with Gasteiger partial charge in [-0.3, -0.25) is 4.79 Å². The summed E-state index contributed by atoms with van der Waals surface area (Å²) in [4.78, 5) is 23.2. The number of urea groups is 1. The Labute approximate surface area is 121 Å². The average Bonchev–Trinajstić information content (AvgIpc) is 2.84. The van der Waals surface area contributed by atoms with Gasteiger partial charge in [-0.15, -0.1) is 0 Å². The summed E-state index contributed by atoms with van der Waals surface area (Å²) in [6.45, 7) is 6.52. The molecule has 0 aromatic heterocycles. The molecule has 20 heavy (non-hydrogen) atoms. The van der Waals surface area contributed by atoms with Crippen LogP contribution in [0.4, 0.5) is 4.79 Å². The zero-order valence-corrected chi connectivity index (χ0v) is 12.9. The third-order valence-corrected chi connectivity index (χ3v) is 4.16. The molecule has 5 nitrogen and oxygen atoms in total. The van der Waals surface area contributed by atoms with Crippen LogP contribution in [-0.4, -0.2) is 29.7 Å². The third kappa shape index (κ3) is 5.02. The van der Waals surface area contributed by atoms with Crippen molar-refractivity contribution in [3.8, 4) is 0 Å². The summed E-state index contributed by atoms with van der Waals surface area (Å²) >= 11 is 0. The Kier molecular flexibility index (Phi) is 6.30. The SMILES string of the molecule is CC(C)CCC(C)NC(=O)NCC1(C(=O)O)CCCC1. The summed E-state index contributed by atoms with van der Waals surface area (Å²) in [6, 6.07) is -0.143. The Balaban J connectivity index is 2.33. The lowest BCUT2D eigenvalue weighted by Crippen LogP contribution is -2.47. The smallest absolute Gasteiger partial charge is 0.315 e. The number of amides is 2. The fourth-order valence-corrected chi connectivity index (χ4v) is 2.70. The summed E-state index contributed by atoms with van der Waals surface area (Å²) < 4.78 is 0. The van der Waals surface area contributed by atoms with Gasteiger partial charge in [-0.05, 0) is 38.5 Å². The van der Waals surface area contributed by atoms with Crippen LogP contribution in [0.1, 0.15) is 59.3 Å². The van der Waals surface area contributed by atoms with Crippen molar-refractivity contribution < 1.29 is 14.7 Å². The van der Waals surface area contributed by atoms with Crippen LogP contribution in [0.5, 0.6) is 0 Å². The molecule has 1 unspecified atom stereocenters. The summed E-state index contributed by atoms with van der Waals surface area (Å²) in [6.07, 6.45) is 5.19. The summed E-state index contributed by atoms with van der Waals surface area (Å²) in [7, 11) is 0. The number of hydrogen-bond acceptors (Lipinski definition) is 2. The Morgan fingerprint density at radius 2 is 1.75 bits per heavy atom. The molecule has 1 saturated carbocycles. The van der Waals surface area contributed by atoms with Crippen LogP contribution in [0.15, 0.2) is 0 Å². The number of carbonyl (C=O) groups is 2. The molecule has 0 heterocycles. The maximum absolute atomic E-state index is 11.8. The van der Waals surface area contributed by atoms with Gasteiger partial charge in [-0.2, -0.15) is 0 Å². The second-order valence-corrected chi connectivity index (χ2v) is 6.49. The van der Waals surface area contributed by atoms with Crippen molar-refractivity contribution >= 4 is 12.0 Å². The number of carboxylic acid groups (broad SMARTS) is 1. The molecule has 1 rings (SSSR count). The normalized spacial score (nSPS) is 18.8. The van der Waals surface area contributed by atoms with Crippen LogP contribution in [0, 0.1) is 11.3 Å². The fraction of sp³-hybridized carbons (Fsp3) is 0.867. The highest BCUT2D eigenvalue weighted by Gasteiger charge is 2.41. The van der Waals surface area contributed by atoms with E-state index in [0.717, 1.165) is 25.7 Å². The van der Waals surface area contributed by atoms with Crippen molar-refractivity contribution in [2.24, 2.45) is 11.3 Å². The lowest BCUT2D eigenvalue weighted by atomic mass is 9.86. The van der Waals surface area contributed by atoms with Gasteiger partial charge < -0.3 is 15.7 Å². The van der Waals surface area contributed by atoms with Gasteiger partial charge in [0.25, 0.3) is 0 Å². The van der Waals surface area contributed by atoms with Crippen LogP contribution in [0.2, 0.25) is 0 Å². The van der Waals surface area contributed by atoms with E-state index in [4.69, 9.17) is 0 Å². The number of nitrogens with one attached hydrogen (secondary N) is 2. The minimum atomic E-state index is -0.789. The third-order valence-electron chi connectivity index (χ3n) is 4.16. The molecular formula is C15H28N2O3. The molecule has 0 radical (unpaired) electrons. The van der Waals surface area contributed by atoms with E-state index < -0.39 is 11.4 Å². The molecule has 0 aromatic rings. The van der Waals surface area contributed by atoms with E-state index in [1.807, 2.05) is 6.92 Å². The predicted molar refractivity (Wildman–Crippen MR) is 78.6 cm³/mol. The van der Waals surface area contributed by atoms with Gasteiger partial charge in [0.1, 0.15) is 0 Å². The summed E-state index contributed by atoms with van der Waals surface area (Å²) in [5.41, 5.74) is -0.751. The first kappa shape index (κ1) is 16.8. The summed E-state index contributed by atoms with van der Waals surface area (Å²) in [5, 5.41) is 14.9. The molecule has 0 aliphatic heterocycles. The molecule has 0 bridgehead atoms. The van der Waals surface area contributed by atoms with Crippen LogP contribution in [0.3, 0.4) is 0 Å².